The van der Waals surface area contributed by atoms with Gasteiger partial charge in [-0.15, -0.1) is 0 Å². The van der Waals surface area contributed by atoms with Gasteiger partial charge in [0.2, 0.25) is 0 Å². The molecule has 0 spiro atoms. The molecule has 3 N–H and O–H groups in total. The first-order valence-electron chi connectivity index (χ1n) is 5.75. The zero-order chi connectivity index (χ0) is 12.3. The number of nitrogens with two attached hydrogens (primary N) is 1. The lowest BCUT2D eigenvalue weighted by molar-refractivity contribution is 0.233. The fourth-order valence-electron chi connectivity index (χ4n) is 2.06. The largest absolute Gasteiger partial charge is 0.494 e. The third-order valence-corrected chi connectivity index (χ3v) is 3.02. The van der Waals surface area contributed by atoms with Crippen molar-refractivity contribution in [2.45, 2.75) is 6.54 Å². The van der Waals surface area contributed by atoms with E-state index in [9.17, 15) is 4.39 Å². The van der Waals surface area contributed by atoms with E-state index in [4.69, 9.17) is 10.5 Å². The molecular formula is C12H18FN3O. The molecule has 0 atom stereocenters. The van der Waals surface area contributed by atoms with E-state index in [1.54, 1.807) is 0 Å². The predicted octanol–water partition coefficient (Wildman–Crippen LogP) is 0.822. The van der Waals surface area contributed by atoms with E-state index >= 15 is 0 Å². The van der Waals surface area contributed by atoms with Gasteiger partial charge in [-0.2, -0.15) is 0 Å². The summed E-state index contributed by atoms with van der Waals surface area (Å²) in [6, 6.07) is 2.80. The van der Waals surface area contributed by atoms with Gasteiger partial charge in [0.15, 0.2) is 0 Å². The highest BCUT2D eigenvalue weighted by molar-refractivity contribution is 5.58. The molecule has 0 aliphatic carbocycles. The van der Waals surface area contributed by atoms with Crippen molar-refractivity contribution in [2.75, 3.05) is 39.0 Å². The van der Waals surface area contributed by atoms with Crippen LogP contribution in [0.25, 0.3) is 0 Å². The van der Waals surface area contributed by atoms with Gasteiger partial charge in [-0.05, 0) is 11.6 Å². The first-order valence-corrected chi connectivity index (χ1v) is 5.75. The molecule has 0 aromatic heterocycles. The summed E-state index contributed by atoms with van der Waals surface area (Å²) in [6.07, 6.45) is 0. The molecule has 1 aromatic carbocycles. The quantitative estimate of drug-likeness (QED) is 0.767. The van der Waals surface area contributed by atoms with Crippen LogP contribution < -0.4 is 15.8 Å². The predicted molar refractivity (Wildman–Crippen MR) is 65.5 cm³/mol. The molecule has 0 unspecified atom stereocenters. The van der Waals surface area contributed by atoms with E-state index in [-0.39, 0.29) is 5.82 Å². The van der Waals surface area contributed by atoms with Gasteiger partial charge in [0.25, 0.3) is 0 Å². The van der Waals surface area contributed by atoms with Crippen molar-refractivity contribution in [1.82, 2.24) is 10.2 Å². The highest BCUT2D eigenvalue weighted by Crippen LogP contribution is 2.27. The van der Waals surface area contributed by atoms with Crippen LogP contribution in [-0.4, -0.2) is 38.2 Å². The van der Waals surface area contributed by atoms with E-state index in [1.165, 1.54) is 19.2 Å². The van der Waals surface area contributed by atoms with Crippen LogP contribution in [0.5, 0.6) is 5.75 Å². The second-order valence-electron chi connectivity index (χ2n) is 4.21. The molecule has 1 heterocycles. The standard InChI is InChI=1S/C12H18FN3O/c1-17-11-7-10(13)6-9(12(11)14)8-16-4-2-15-3-5-16/h6-7,15H,2-5,8,14H2,1H3. The van der Waals surface area contributed by atoms with E-state index in [0.29, 0.717) is 18.0 Å². The Morgan fingerprint density at radius 2 is 2.12 bits per heavy atom. The van der Waals surface area contributed by atoms with E-state index in [0.717, 1.165) is 31.7 Å². The number of nitrogens with zero attached hydrogens (tertiary/aromatic N) is 1. The summed E-state index contributed by atoms with van der Waals surface area (Å²) in [4.78, 5) is 2.25. The third kappa shape index (κ3) is 2.87. The van der Waals surface area contributed by atoms with Crippen molar-refractivity contribution in [3.63, 3.8) is 0 Å². The molecular weight excluding hydrogens is 221 g/mol. The minimum Gasteiger partial charge on any atom is -0.494 e. The summed E-state index contributed by atoms with van der Waals surface area (Å²) in [5.41, 5.74) is 7.28. The van der Waals surface area contributed by atoms with Crippen LogP contribution >= 0.6 is 0 Å². The van der Waals surface area contributed by atoms with Gasteiger partial charge in [0, 0.05) is 38.8 Å². The fraction of sp³-hybridized carbons (Fsp3) is 0.500. The maximum atomic E-state index is 13.4. The number of halogens is 1. The lowest BCUT2D eigenvalue weighted by Gasteiger charge is -2.27. The summed E-state index contributed by atoms with van der Waals surface area (Å²) < 4.78 is 18.4. The van der Waals surface area contributed by atoms with Crippen LogP contribution in [0.1, 0.15) is 5.56 Å². The maximum absolute atomic E-state index is 13.4. The minimum atomic E-state index is -0.304. The van der Waals surface area contributed by atoms with E-state index in [1.807, 2.05) is 0 Å². The number of hydrogen-bond donors (Lipinski definition) is 2. The Morgan fingerprint density at radius 1 is 1.41 bits per heavy atom. The molecule has 1 fully saturated rings. The molecule has 0 amide bonds. The average Bonchev–Trinajstić information content (AvgIpc) is 2.34. The van der Waals surface area contributed by atoms with Gasteiger partial charge < -0.3 is 15.8 Å². The Kier molecular flexibility index (Phi) is 3.81. The van der Waals surface area contributed by atoms with Gasteiger partial charge in [-0.25, -0.2) is 4.39 Å². The Balaban J connectivity index is 2.16. The van der Waals surface area contributed by atoms with Crippen molar-refractivity contribution in [1.29, 1.82) is 0 Å². The second kappa shape index (κ2) is 5.33. The monoisotopic (exact) mass is 239 g/mol. The molecule has 1 saturated heterocycles. The Hall–Kier alpha value is -1.33. The molecule has 0 bridgehead atoms. The summed E-state index contributed by atoms with van der Waals surface area (Å²) in [7, 11) is 1.50. The maximum Gasteiger partial charge on any atom is 0.144 e. The zero-order valence-corrected chi connectivity index (χ0v) is 10.0. The second-order valence-corrected chi connectivity index (χ2v) is 4.21. The number of rotatable bonds is 3. The molecule has 0 radical (unpaired) electrons. The zero-order valence-electron chi connectivity index (χ0n) is 10.0. The average molecular weight is 239 g/mol. The highest BCUT2D eigenvalue weighted by atomic mass is 19.1. The first-order chi connectivity index (χ1) is 8.20. The van der Waals surface area contributed by atoms with Gasteiger partial charge in [-0.1, -0.05) is 0 Å². The van der Waals surface area contributed by atoms with Crippen LogP contribution in [0.15, 0.2) is 12.1 Å². The lowest BCUT2D eigenvalue weighted by Crippen LogP contribution is -2.43. The lowest BCUT2D eigenvalue weighted by atomic mass is 10.1. The van der Waals surface area contributed by atoms with E-state index < -0.39 is 0 Å². The molecule has 2 rings (SSSR count). The molecule has 0 saturated carbocycles. The van der Waals surface area contributed by atoms with E-state index in [2.05, 4.69) is 10.2 Å². The summed E-state index contributed by atoms with van der Waals surface area (Å²) in [5, 5.41) is 3.28. The molecule has 1 aromatic rings. The smallest absolute Gasteiger partial charge is 0.144 e. The summed E-state index contributed by atoms with van der Waals surface area (Å²) >= 11 is 0. The van der Waals surface area contributed by atoms with Crippen molar-refractivity contribution >= 4 is 5.69 Å². The Labute approximate surface area is 101 Å². The van der Waals surface area contributed by atoms with Gasteiger partial charge in [-0.3, -0.25) is 4.90 Å². The summed E-state index contributed by atoms with van der Waals surface area (Å²) in [6.45, 7) is 4.51. The third-order valence-electron chi connectivity index (χ3n) is 3.02. The number of anilines is 1. The van der Waals surface area contributed by atoms with Crippen molar-refractivity contribution in [3.05, 3.63) is 23.5 Å². The first kappa shape index (κ1) is 12.1. The Bertz CT molecular complexity index is 392. The molecule has 5 heteroatoms. The number of hydrogen-bond acceptors (Lipinski definition) is 4. The molecule has 94 valence electrons. The highest BCUT2D eigenvalue weighted by Gasteiger charge is 2.14. The van der Waals surface area contributed by atoms with Crippen LogP contribution in [0, 0.1) is 5.82 Å². The fourth-order valence-corrected chi connectivity index (χ4v) is 2.06. The number of nitrogen functional groups attached to an aromatic ring is 1. The van der Waals surface area contributed by atoms with Gasteiger partial charge in [0.1, 0.15) is 11.6 Å². The van der Waals surface area contributed by atoms with Crippen LogP contribution in [-0.2, 0) is 6.54 Å². The SMILES string of the molecule is COc1cc(F)cc(CN2CCNCC2)c1N. The van der Waals surface area contributed by atoms with Crippen LogP contribution in [0.3, 0.4) is 0 Å². The van der Waals surface area contributed by atoms with Gasteiger partial charge >= 0.3 is 0 Å². The van der Waals surface area contributed by atoms with Crippen molar-refractivity contribution in [2.24, 2.45) is 0 Å². The summed E-state index contributed by atoms with van der Waals surface area (Å²) in [5.74, 6) is 0.108. The minimum absolute atomic E-state index is 0.304. The van der Waals surface area contributed by atoms with Gasteiger partial charge in [0.05, 0.1) is 12.8 Å². The molecule has 4 nitrogen and oxygen atoms in total. The molecule has 1 aliphatic heterocycles. The topological polar surface area (TPSA) is 50.5 Å². The van der Waals surface area contributed by atoms with Crippen molar-refractivity contribution < 1.29 is 9.13 Å². The number of benzene rings is 1. The normalized spacial score (nSPS) is 17.1. The number of ether oxygens (including phenoxy) is 1. The Morgan fingerprint density at radius 3 is 2.76 bits per heavy atom. The molecule has 17 heavy (non-hydrogen) atoms. The van der Waals surface area contributed by atoms with Crippen molar-refractivity contribution in [3.8, 4) is 5.75 Å². The van der Waals surface area contributed by atoms with Crippen LogP contribution in [0.2, 0.25) is 0 Å². The number of nitrogens with one attached hydrogen (secondary N) is 1. The molecule has 1 aliphatic rings. The number of piperazine rings is 1. The van der Waals surface area contributed by atoms with Crippen LogP contribution in [0.4, 0.5) is 10.1 Å². The number of methoxy groups -OCH3 is 1.